The Bertz CT molecular complexity index is 1440. The molecule has 0 fully saturated rings. The summed E-state index contributed by atoms with van der Waals surface area (Å²) in [6, 6.07) is 21.5. The fourth-order valence-corrected chi connectivity index (χ4v) is 5.85. The van der Waals surface area contributed by atoms with Crippen LogP contribution >= 0.6 is 0 Å². The summed E-state index contributed by atoms with van der Waals surface area (Å²) in [6.45, 7) is 0.877. The summed E-state index contributed by atoms with van der Waals surface area (Å²) in [7, 11) is 3.63. The van der Waals surface area contributed by atoms with Gasteiger partial charge in [0, 0.05) is 6.42 Å². The molecule has 2 unspecified atom stereocenters. The van der Waals surface area contributed by atoms with Gasteiger partial charge in [-0.15, -0.1) is 5.10 Å². The van der Waals surface area contributed by atoms with Crippen LogP contribution in [-0.4, -0.2) is 64.6 Å². The van der Waals surface area contributed by atoms with Crippen LogP contribution in [0.3, 0.4) is 0 Å². The molecule has 1 aromatic heterocycles. The Hall–Kier alpha value is -3.96. The number of nitrogens with zero attached hydrogens (tertiary/aromatic N) is 5. The number of rotatable bonds is 7. The number of hydrogen-bond acceptors (Lipinski definition) is 7. The summed E-state index contributed by atoms with van der Waals surface area (Å²) in [5.74, 6) is 1.97. The summed E-state index contributed by atoms with van der Waals surface area (Å²) >= 11 is 0. The Morgan fingerprint density at radius 2 is 1.79 bits per heavy atom. The molecule has 6 rings (SSSR count). The van der Waals surface area contributed by atoms with Crippen molar-refractivity contribution < 1.29 is 40.5 Å². The van der Waals surface area contributed by atoms with Crippen molar-refractivity contribution in [3.63, 3.8) is 0 Å². The van der Waals surface area contributed by atoms with Gasteiger partial charge in [-0.05, 0) is 33.2 Å². The largest absolute Gasteiger partial charge is 1.00 e. The summed E-state index contributed by atoms with van der Waals surface area (Å²) in [6.07, 6.45) is 0.699. The maximum atomic E-state index is 12.4. The Labute approximate surface area is 236 Å². The first-order valence-electron chi connectivity index (χ1n) is 12.5. The van der Waals surface area contributed by atoms with E-state index in [0.29, 0.717) is 36.0 Å². The number of nitrogens with two attached hydrogens (primary N) is 1. The number of carbonyl (C=O) groups is 1. The highest BCUT2D eigenvalue weighted by Crippen LogP contribution is 2.52. The van der Waals surface area contributed by atoms with Gasteiger partial charge in [-0.3, -0.25) is 4.79 Å². The predicted octanol–water partition coefficient (Wildman–Crippen LogP) is -0.370. The minimum absolute atomic E-state index is 0. The van der Waals surface area contributed by atoms with Crippen molar-refractivity contribution in [3.05, 3.63) is 94.8 Å². The van der Waals surface area contributed by atoms with E-state index in [-0.39, 0.29) is 40.8 Å². The smallest absolute Gasteiger partial charge is 0.272 e. The highest BCUT2D eigenvalue weighted by molar-refractivity contribution is 5.75. The molecular weight excluding hydrogens is 564 g/mol. The Balaban J connectivity index is 0.00000308. The summed E-state index contributed by atoms with van der Waals surface area (Å²) in [5.41, 5.74) is 9.78. The van der Waals surface area contributed by atoms with Crippen LogP contribution in [0, 0.1) is 0 Å². The van der Waals surface area contributed by atoms with Gasteiger partial charge in [-0.1, -0.05) is 60.7 Å². The first-order chi connectivity index (χ1) is 18.5. The van der Waals surface area contributed by atoms with Crippen LogP contribution in [-0.2, 0) is 11.2 Å². The fourth-order valence-electron chi connectivity index (χ4n) is 5.85. The molecule has 0 bridgehead atoms. The molecule has 2 N–H and O–H groups in total. The van der Waals surface area contributed by atoms with Crippen molar-refractivity contribution in [3.8, 4) is 17.2 Å². The second kappa shape index (κ2) is 10.7. The highest BCUT2D eigenvalue weighted by atomic mass is 79.9. The van der Waals surface area contributed by atoms with Crippen LogP contribution in [0.15, 0.2) is 66.7 Å². The molecule has 3 heterocycles. The van der Waals surface area contributed by atoms with Crippen molar-refractivity contribution >= 4 is 5.91 Å². The number of quaternary nitrogens is 1. The number of ether oxygens (including phenoxy) is 3. The van der Waals surface area contributed by atoms with E-state index in [1.807, 2.05) is 54.2 Å². The number of methoxy groups -OCH3 is 1. The molecule has 0 aliphatic carbocycles. The summed E-state index contributed by atoms with van der Waals surface area (Å²) in [5, 5.41) is 13.3. The predicted molar refractivity (Wildman–Crippen MR) is 138 cm³/mol. The first-order valence-corrected chi connectivity index (χ1v) is 12.5. The van der Waals surface area contributed by atoms with Crippen LogP contribution < -0.4 is 36.9 Å². The van der Waals surface area contributed by atoms with Gasteiger partial charge in [0.15, 0.2) is 24.1 Å². The molecule has 202 valence electrons. The third-order valence-corrected chi connectivity index (χ3v) is 7.49. The minimum Gasteiger partial charge on any atom is -1.00 e. The lowest BCUT2D eigenvalue weighted by molar-refractivity contribution is -0.929. The molecule has 0 saturated carbocycles. The Morgan fingerprint density at radius 3 is 2.41 bits per heavy atom. The van der Waals surface area contributed by atoms with Gasteiger partial charge < -0.3 is 41.4 Å². The molecule has 1 amide bonds. The van der Waals surface area contributed by atoms with Crippen LogP contribution in [0.2, 0.25) is 0 Å². The maximum Gasteiger partial charge on any atom is 0.272 e. The Morgan fingerprint density at radius 1 is 1.13 bits per heavy atom. The van der Waals surface area contributed by atoms with Gasteiger partial charge in [0.25, 0.3) is 5.91 Å². The molecule has 0 saturated heterocycles. The summed E-state index contributed by atoms with van der Waals surface area (Å²) < 4.78 is 19.6. The second-order valence-electron chi connectivity index (χ2n) is 9.90. The number of hydrogen-bond donors (Lipinski definition) is 1. The van der Waals surface area contributed by atoms with Crippen LogP contribution in [0.5, 0.6) is 17.2 Å². The lowest BCUT2D eigenvalue weighted by Gasteiger charge is -2.44. The molecule has 11 heteroatoms. The van der Waals surface area contributed by atoms with E-state index in [9.17, 15) is 4.79 Å². The van der Waals surface area contributed by atoms with Crippen molar-refractivity contribution in [2.45, 2.75) is 18.5 Å². The van der Waals surface area contributed by atoms with Gasteiger partial charge in [-0.25, -0.2) is 4.68 Å². The number of likely N-dealkylation sites (N-methyl/N-ethyl adjacent to an activating group) is 1. The van der Waals surface area contributed by atoms with Gasteiger partial charge >= 0.3 is 0 Å². The molecular formula is C28H29BrN6O4. The summed E-state index contributed by atoms with van der Waals surface area (Å²) in [4.78, 5) is 12.4. The second-order valence-corrected chi connectivity index (χ2v) is 9.90. The number of carbonyl (C=O) groups excluding carboxylic acids is 1. The van der Waals surface area contributed by atoms with Crippen LogP contribution in [0.4, 0.5) is 0 Å². The third-order valence-electron chi connectivity index (χ3n) is 7.49. The van der Waals surface area contributed by atoms with E-state index >= 15 is 0 Å². The monoisotopic (exact) mass is 592 g/mol. The Kier molecular flexibility index (Phi) is 7.28. The van der Waals surface area contributed by atoms with Crippen molar-refractivity contribution in [1.82, 2.24) is 20.2 Å². The number of fused-ring (bicyclic) bond motifs is 2. The molecule has 0 radical (unpaired) electrons. The number of tetrazole rings is 1. The van der Waals surface area contributed by atoms with Gasteiger partial charge in [0.1, 0.15) is 6.04 Å². The average molecular weight is 593 g/mol. The maximum absolute atomic E-state index is 12.4. The molecule has 39 heavy (non-hydrogen) atoms. The molecule has 2 aliphatic heterocycles. The zero-order valence-electron chi connectivity index (χ0n) is 21.7. The van der Waals surface area contributed by atoms with Crippen molar-refractivity contribution in [1.29, 1.82) is 0 Å². The molecule has 2 aliphatic rings. The van der Waals surface area contributed by atoms with E-state index in [1.165, 1.54) is 0 Å². The fraction of sp³-hybridized carbons (Fsp3) is 0.286. The van der Waals surface area contributed by atoms with E-state index in [2.05, 4.69) is 39.8 Å². The van der Waals surface area contributed by atoms with Gasteiger partial charge in [-0.2, -0.15) is 0 Å². The van der Waals surface area contributed by atoms with Crippen LogP contribution in [0.25, 0.3) is 0 Å². The van der Waals surface area contributed by atoms with Gasteiger partial charge in [0.2, 0.25) is 18.4 Å². The molecule has 3 aromatic carbocycles. The number of halogens is 1. The molecule has 0 spiro atoms. The lowest BCUT2D eigenvalue weighted by atomic mass is 9.87. The van der Waals surface area contributed by atoms with E-state index in [1.54, 1.807) is 7.11 Å². The van der Waals surface area contributed by atoms with Crippen LogP contribution in [0.1, 0.15) is 40.2 Å². The van der Waals surface area contributed by atoms with Crippen molar-refractivity contribution in [2.24, 2.45) is 5.73 Å². The normalized spacial score (nSPS) is 19.3. The van der Waals surface area contributed by atoms with E-state index in [4.69, 9.17) is 19.9 Å². The number of amides is 1. The van der Waals surface area contributed by atoms with E-state index < -0.39 is 11.9 Å². The number of primary amides is 1. The SMILES string of the molecule is COc1c2c(cc3c1C(c1nnnn1C(c1ccccc1)c1ccccc1)[N+](C)(CC(N)=O)CC3)OCO2.[Br-]. The third kappa shape index (κ3) is 4.61. The molecule has 4 aromatic rings. The lowest BCUT2D eigenvalue weighted by Crippen LogP contribution is -3.00. The standard InChI is InChI=1S/C28H28N6O4.BrH/c1-34(16-22(29)35)14-13-20-15-21-26(38-17-37-21)27(36-2)23(20)25(34)28-30-31-32-33(28)24(18-9-5-3-6-10-18)19-11-7-4-8-12-19;/h3-12,15,24-25H,13-14,16-17H2,1-2H3,(H-,29,35);1H. The zero-order chi connectivity index (χ0) is 26.3. The minimum atomic E-state index is -0.458. The topological polar surface area (TPSA) is 114 Å². The molecule has 2 atom stereocenters. The average Bonchev–Trinajstić information content (AvgIpc) is 3.58. The number of benzene rings is 3. The van der Waals surface area contributed by atoms with E-state index in [0.717, 1.165) is 22.3 Å². The molecule has 10 nitrogen and oxygen atoms in total. The van der Waals surface area contributed by atoms with Crippen molar-refractivity contribution in [2.75, 3.05) is 34.0 Å². The first kappa shape index (κ1) is 26.6. The van der Waals surface area contributed by atoms with Gasteiger partial charge in [0.05, 0.1) is 26.3 Å². The quantitative estimate of drug-likeness (QED) is 0.291. The zero-order valence-corrected chi connectivity index (χ0v) is 23.2. The highest BCUT2D eigenvalue weighted by Gasteiger charge is 2.48. The number of aromatic nitrogens is 4.